The topological polar surface area (TPSA) is 722 Å². The Morgan fingerprint density at radius 1 is 0.505 bits per heavy atom. The van der Waals surface area contributed by atoms with Gasteiger partial charge in [0.05, 0.1) is 62.6 Å². The van der Waals surface area contributed by atoms with Gasteiger partial charge in [-0.2, -0.15) is 0 Å². The molecule has 6 rings (SSSR count). The van der Waals surface area contributed by atoms with E-state index >= 15 is 0 Å². The molecule has 0 radical (unpaired) electrons. The first-order chi connectivity index (χ1) is 52.6. The summed E-state index contributed by atoms with van der Waals surface area (Å²) in [6, 6.07) is -9.23. The minimum Gasteiger partial charge on any atom is -0.394 e. The smallest absolute Gasteiger partial charge is 0.246 e. The standard InChI is InChI=1S/C61H99BrN14O33S2/c1-22(82)66-29(19-111-21-38(89)73-58-40(68-24(3)84)45(93)53(34(16-81)104-58)109-61-50(98)48(96)43(91)31(13-78)107-61)56(101)70-27(7-5-6-8-64-36(87)17-102-51-32(14-79)105-59(41(46(51)94)69-25(4)85)76-11-26(74-75-76)10-65-35(86)9-62)55(100)71-28(54(63)99)18-110-20-37(88)72-57-39(67-23(2)83)44(92)52(33(15-80)103-57)108-60-49(97)47(95)42(90)30(12-77)106-60/h11,27-34,39-53,57-61,77-81,90-98H,5-10,12-21H2,1-4H3,(H2,63,99)(H,64,87)(H,65,86)(H,66,82)(H,67,83)(H,68,84)(H,69,85)(H,70,101)(H,71,100)(H,72,88)(H,73,89)/t27-,28-,29-,30?,31?,32?,33?,34?,39?,40?,41?,42-,43-,44+,45+,46+,47-,48-,49?,50?,51-,52-,53-,57+,58+,59+,60-,61-/m0/s1. The van der Waals surface area contributed by atoms with Crippen LogP contribution >= 0.6 is 39.5 Å². The maximum atomic E-state index is 14.4. The Balaban J connectivity index is 1.12. The van der Waals surface area contributed by atoms with Crippen LogP contribution in [0.5, 0.6) is 0 Å². The third-order valence-electron chi connectivity index (χ3n) is 17.7. The number of thioether (sulfide) groups is 2. The molecule has 11 amide bonds. The van der Waals surface area contributed by atoms with Crippen LogP contribution in [0.4, 0.5) is 0 Å². The number of nitrogens with one attached hydrogen (secondary N) is 10. The first kappa shape index (κ1) is 93.5. The zero-order chi connectivity index (χ0) is 82.2. The van der Waals surface area contributed by atoms with Crippen molar-refractivity contribution < 1.29 is 162 Å². The van der Waals surface area contributed by atoms with Gasteiger partial charge in [-0.15, -0.1) is 28.6 Å². The van der Waals surface area contributed by atoms with Crippen molar-refractivity contribution in [3.63, 3.8) is 0 Å². The van der Waals surface area contributed by atoms with E-state index in [0.717, 1.165) is 44.1 Å². The van der Waals surface area contributed by atoms with Crippen LogP contribution in [-0.2, 0) is 97.2 Å². The summed E-state index contributed by atoms with van der Waals surface area (Å²) in [5.41, 5.74) is 6.01. The van der Waals surface area contributed by atoms with Crippen molar-refractivity contribution in [2.75, 3.05) is 74.5 Å². The van der Waals surface area contributed by atoms with Gasteiger partial charge < -0.3 is 168 Å². The average Bonchev–Trinajstić information content (AvgIpc) is 1.41. The zero-order valence-electron chi connectivity index (χ0n) is 60.2. The van der Waals surface area contributed by atoms with E-state index in [9.17, 15) is 124 Å². The monoisotopic (exact) mass is 1700 g/mol. The van der Waals surface area contributed by atoms with Crippen molar-refractivity contribution in [1.82, 2.24) is 68.2 Å². The lowest BCUT2D eigenvalue weighted by Crippen LogP contribution is -2.70. The number of aliphatic hydroxyl groups is 14. The van der Waals surface area contributed by atoms with Gasteiger partial charge in [-0.25, -0.2) is 4.68 Å². The van der Waals surface area contributed by atoms with Gasteiger partial charge in [0.25, 0.3) is 0 Å². The highest BCUT2D eigenvalue weighted by Gasteiger charge is 2.54. The van der Waals surface area contributed by atoms with Gasteiger partial charge in [0.15, 0.2) is 31.3 Å². The van der Waals surface area contributed by atoms with Crippen LogP contribution in [0, 0.1) is 0 Å². The highest BCUT2D eigenvalue weighted by Crippen LogP contribution is 2.33. The van der Waals surface area contributed by atoms with Gasteiger partial charge in [0.1, 0.15) is 152 Å². The Morgan fingerprint density at radius 3 is 1.41 bits per heavy atom. The number of rotatable bonds is 40. The maximum absolute atomic E-state index is 14.4. The number of alkyl halides is 1. The van der Waals surface area contributed by atoms with Crippen molar-refractivity contribution in [2.24, 2.45) is 5.73 Å². The van der Waals surface area contributed by atoms with Gasteiger partial charge in [-0.05, 0) is 19.3 Å². The third-order valence-corrected chi connectivity index (χ3v) is 20.3. The Labute approximate surface area is 648 Å². The van der Waals surface area contributed by atoms with Crippen LogP contribution in [-0.4, -0.2) is 391 Å². The van der Waals surface area contributed by atoms with Crippen molar-refractivity contribution in [2.45, 2.75) is 225 Å². The van der Waals surface area contributed by atoms with Crippen LogP contribution in [0.2, 0.25) is 0 Å². The third kappa shape index (κ3) is 26.6. The van der Waals surface area contributed by atoms with Gasteiger partial charge in [-0.3, -0.25) is 52.7 Å². The van der Waals surface area contributed by atoms with Crippen LogP contribution in [0.3, 0.4) is 0 Å². The lowest BCUT2D eigenvalue weighted by atomic mass is 9.94. The summed E-state index contributed by atoms with van der Waals surface area (Å²) in [6.07, 6.45) is -36.0. The zero-order valence-corrected chi connectivity index (χ0v) is 63.4. The number of aliphatic hydroxyl groups excluding tert-OH is 14. The maximum Gasteiger partial charge on any atom is 0.246 e. The van der Waals surface area contributed by atoms with Gasteiger partial charge in [0, 0.05) is 45.7 Å². The Morgan fingerprint density at radius 2 is 0.955 bits per heavy atom. The summed E-state index contributed by atoms with van der Waals surface area (Å²) in [5, 5.41) is 180. The molecule has 5 aliphatic heterocycles. The van der Waals surface area contributed by atoms with E-state index in [0.29, 0.717) is 11.8 Å². The molecule has 5 fully saturated rings. The normalized spacial score (nSPS) is 32.9. The second-order valence-electron chi connectivity index (χ2n) is 26.2. The fourth-order valence-corrected chi connectivity index (χ4v) is 14.1. The predicted molar refractivity (Wildman–Crippen MR) is 374 cm³/mol. The lowest BCUT2D eigenvalue weighted by molar-refractivity contribution is -0.336. The van der Waals surface area contributed by atoms with Crippen LogP contribution < -0.4 is 58.9 Å². The number of aromatic nitrogens is 3. The quantitative estimate of drug-likeness (QED) is 0.0214. The van der Waals surface area contributed by atoms with Crippen LogP contribution in [0.25, 0.3) is 0 Å². The molecule has 630 valence electrons. The van der Waals surface area contributed by atoms with Crippen molar-refractivity contribution in [3.8, 4) is 0 Å². The molecule has 50 heteroatoms. The second kappa shape index (κ2) is 45.1. The molecule has 10 unspecified atom stereocenters. The average molecular weight is 1700 g/mol. The number of nitrogens with zero attached hydrogens (tertiary/aromatic N) is 3. The van der Waals surface area contributed by atoms with E-state index < -0.39 is 293 Å². The van der Waals surface area contributed by atoms with E-state index in [4.69, 9.17) is 43.6 Å². The number of carbonyl (C=O) groups is 11. The summed E-state index contributed by atoms with van der Waals surface area (Å²) in [5.74, 6) is -11.1. The molecule has 28 atom stereocenters. The number of hydrogen-bond acceptors (Lipinski definition) is 37. The molecule has 47 nitrogen and oxygen atoms in total. The van der Waals surface area contributed by atoms with Gasteiger partial charge >= 0.3 is 0 Å². The molecule has 0 aliphatic carbocycles. The molecule has 0 bridgehead atoms. The first-order valence-corrected chi connectivity index (χ1v) is 38.1. The molecule has 5 aliphatic rings. The molecular formula is C61H99BrN14O33S2. The molecule has 26 N–H and O–H groups in total. The summed E-state index contributed by atoms with van der Waals surface area (Å²) in [4.78, 5) is 144. The highest BCUT2D eigenvalue weighted by atomic mass is 79.9. The fraction of sp³-hybridized carbons (Fsp3) is 0.787. The van der Waals surface area contributed by atoms with Crippen molar-refractivity contribution in [1.29, 1.82) is 0 Å². The van der Waals surface area contributed by atoms with E-state index in [2.05, 4.69) is 79.4 Å². The molecule has 111 heavy (non-hydrogen) atoms. The SMILES string of the molecule is CC(=O)NC1[C@H](NC(=O)CSC[C@H](NC(=O)[C@H](CCCCNC(=O)CO[C@H]2C(CO)O[C@@H](n3cc(CNC(=O)CBr)nn3)C(NC(C)=O)[C@H]2O)NC(=O)[C@H](CSCC(=O)N[C@@H]2OC(CO)[C@H](O[C@@H]3OC(CO)[C@H](O)[C@H](O)C3O)[C@H](O)C2NC(C)=O)NC(C)=O)C(N)=O)OC(CO)[C@H](O[C@@H]2OC(CO)[C@H](O)[C@H](O)C2O)[C@@H]1O. The van der Waals surface area contributed by atoms with Gasteiger partial charge in [-0.1, -0.05) is 21.1 Å². The number of amides is 11. The molecule has 0 spiro atoms. The number of hydrogen-bond donors (Lipinski definition) is 25. The Hall–Kier alpha value is -6.39. The number of carbonyl (C=O) groups excluding carboxylic acids is 11. The van der Waals surface area contributed by atoms with E-state index in [1.807, 2.05) is 0 Å². The van der Waals surface area contributed by atoms with Crippen molar-refractivity contribution in [3.05, 3.63) is 11.9 Å². The molecule has 0 saturated carbocycles. The van der Waals surface area contributed by atoms with Crippen molar-refractivity contribution >= 4 is 104 Å². The minimum atomic E-state index is -1.97. The Kier molecular flexibility index (Phi) is 37.9. The molecule has 1 aromatic rings. The van der Waals surface area contributed by atoms with Crippen LogP contribution in [0.1, 0.15) is 58.9 Å². The minimum absolute atomic E-state index is 0.00756. The van der Waals surface area contributed by atoms with E-state index in [1.54, 1.807) is 0 Å². The molecule has 0 aromatic carbocycles. The van der Waals surface area contributed by atoms with E-state index in [-0.39, 0.29) is 49.3 Å². The predicted octanol–water partition coefficient (Wildman–Crippen LogP) is -15.1. The molecule has 1 aromatic heterocycles. The summed E-state index contributed by atoms with van der Waals surface area (Å²) in [6.45, 7) is -0.977. The molecular weight excluding hydrogens is 1600 g/mol. The molecule has 6 heterocycles. The van der Waals surface area contributed by atoms with Gasteiger partial charge in [0.2, 0.25) is 65.0 Å². The largest absolute Gasteiger partial charge is 0.394 e. The number of primary amides is 1. The first-order valence-electron chi connectivity index (χ1n) is 34.7. The molecule has 5 saturated heterocycles. The lowest BCUT2D eigenvalue weighted by Gasteiger charge is -2.47. The van der Waals surface area contributed by atoms with Crippen LogP contribution in [0.15, 0.2) is 6.20 Å². The number of unbranched alkanes of at least 4 members (excludes halogenated alkanes) is 1. The highest BCUT2D eigenvalue weighted by molar-refractivity contribution is 9.09. The number of ether oxygens (including phenoxy) is 8. The summed E-state index contributed by atoms with van der Waals surface area (Å²) < 4.78 is 46.7. The summed E-state index contributed by atoms with van der Waals surface area (Å²) >= 11 is 4.46. The van der Waals surface area contributed by atoms with E-state index in [1.165, 1.54) is 6.20 Å². The fourth-order valence-electron chi connectivity index (χ4n) is 12.2. The Bertz CT molecular complexity index is 3260. The number of halogens is 1. The number of nitrogens with two attached hydrogens (primary N) is 1. The second-order valence-corrected chi connectivity index (χ2v) is 28.8. The summed E-state index contributed by atoms with van der Waals surface area (Å²) in [7, 11) is 0.